The first-order valence-corrected chi connectivity index (χ1v) is 6.28. The van der Waals surface area contributed by atoms with E-state index < -0.39 is 5.54 Å². The molecule has 1 atom stereocenters. The predicted molar refractivity (Wildman–Crippen MR) is 64.1 cm³/mol. The van der Waals surface area contributed by atoms with Gasteiger partial charge in [-0.2, -0.15) is 0 Å². The highest BCUT2D eigenvalue weighted by Gasteiger charge is 2.41. The number of rotatable bonds is 2. The number of nitrogens with zero attached hydrogens (tertiary/aromatic N) is 2. The van der Waals surface area contributed by atoms with Gasteiger partial charge in [0.1, 0.15) is 0 Å². The van der Waals surface area contributed by atoms with Crippen LogP contribution >= 0.6 is 0 Å². The fourth-order valence-corrected chi connectivity index (χ4v) is 2.88. The van der Waals surface area contributed by atoms with Gasteiger partial charge in [0.2, 0.25) is 5.91 Å². The largest absolute Gasteiger partial charge is 0.339 e. The molecule has 0 aromatic heterocycles. The van der Waals surface area contributed by atoms with Crippen molar-refractivity contribution < 1.29 is 4.79 Å². The first-order valence-electron chi connectivity index (χ1n) is 6.28. The topological polar surface area (TPSA) is 49.6 Å². The number of hydrogen-bond donors (Lipinski definition) is 1. The number of likely N-dealkylation sites (N-methyl/N-ethyl adjacent to an activating group) is 1. The monoisotopic (exact) mass is 225 g/mol. The van der Waals surface area contributed by atoms with E-state index in [1.165, 1.54) is 0 Å². The van der Waals surface area contributed by atoms with Crippen LogP contribution in [-0.4, -0.2) is 54.5 Å². The first kappa shape index (κ1) is 11.9. The molecule has 0 aromatic rings. The van der Waals surface area contributed by atoms with E-state index in [1.807, 2.05) is 4.90 Å². The maximum atomic E-state index is 12.3. The summed E-state index contributed by atoms with van der Waals surface area (Å²) in [5.41, 5.74) is 5.66. The fourth-order valence-electron chi connectivity index (χ4n) is 2.88. The third-order valence-electron chi connectivity index (χ3n) is 4.10. The maximum absolute atomic E-state index is 12.3. The molecular weight excluding hydrogens is 202 g/mol. The van der Waals surface area contributed by atoms with Crippen molar-refractivity contribution in [1.29, 1.82) is 0 Å². The number of carbonyl (C=O) groups is 1. The Morgan fingerprint density at radius 1 is 1.38 bits per heavy atom. The molecule has 0 bridgehead atoms. The van der Waals surface area contributed by atoms with Crippen molar-refractivity contribution in [2.45, 2.75) is 43.7 Å². The minimum atomic E-state index is -0.540. The zero-order valence-electron chi connectivity index (χ0n) is 10.4. The molecule has 2 fully saturated rings. The Morgan fingerprint density at radius 2 is 2.00 bits per heavy atom. The quantitative estimate of drug-likeness (QED) is 0.741. The zero-order chi connectivity index (χ0) is 11.8. The summed E-state index contributed by atoms with van der Waals surface area (Å²) in [6, 6.07) is 0.508. The van der Waals surface area contributed by atoms with E-state index in [1.54, 1.807) is 0 Å². The molecule has 2 N–H and O–H groups in total. The Hall–Kier alpha value is -0.610. The summed E-state index contributed by atoms with van der Waals surface area (Å²) in [4.78, 5) is 16.5. The molecule has 1 unspecified atom stereocenters. The maximum Gasteiger partial charge on any atom is 0.242 e. The van der Waals surface area contributed by atoms with Crippen molar-refractivity contribution in [3.63, 3.8) is 0 Å². The van der Waals surface area contributed by atoms with Gasteiger partial charge >= 0.3 is 0 Å². The standard InChI is InChI=1S/C12H23N3O/c1-14(2)10-5-8-15(9-10)11(16)12(13)6-3-4-7-12/h10H,3-9,13H2,1-2H3. The number of amides is 1. The molecule has 1 aliphatic heterocycles. The third kappa shape index (κ3) is 2.09. The van der Waals surface area contributed by atoms with E-state index in [0.29, 0.717) is 6.04 Å². The lowest BCUT2D eigenvalue weighted by Gasteiger charge is -2.29. The van der Waals surface area contributed by atoms with Crippen molar-refractivity contribution in [3.8, 4) is 0 Å². The summed E-state index contributed by atoms with van der Waals surface area (Å²) < 4.78 is 0. The lowest BCUT2D eigenvalue weighted by molar-refractivity contribution is -0.135. The second-order valence-corrected chi connectivity index (χ2v) is 5.52. The van der Waals surface area contributed by atoms with Gasteiger partial charge in [0.05, 0.1) is 5.54 Å². The average molecular weight is 225 g/mol. The van der Waals surface area contributed by atoms with Crippen LogP contribution in [0.15, 0.2) is 0 Å². The minimum absolute atomic E-state index is 0.189. The molecule has 0 spiro atoms. The molecule has 0 aromatic carbocycles. The van der Waals surface area contributed by atoms with E-state index in [4.69, 9.17) is 5.73 Å². The Balaban J connectivity index is 1.96. The van der Waals surface area contributed by atoms with Crippen LogP contribution in [-0.2, 0) is 4.79 Å². The molecule has 1 heterocycles. The van der Waals surface area contributed by atoms with Crippen LogP contribution in [0.5, 0.6) is 0 Å². The van der Waals surface area contributed by atoms with Crippen molar-refractivity contribution in [2.75, 3.05) is 27.2 Å². The summed E-state index contributed by atoms with van der Waals surface area (Å²) >= 11 is 0. The molecule has 1 saturated carbocycles. The van der Waals surface area contributed by atoms with Crippen molar-refractivity contribution in [1.82, 2.24) is 9.80 Å². The second kappa shape index (κ2) is 4.34. The Kier molecular flexibility index (Phi) is 3.22. The van der Waals surface area contributed by atoms with E-state index in [2.05, 4.69) is 19.0 Å². The van der Waals surface area contributed by atoms with Gasteiger partial charge in [0, 0.05) is 19.1 Å². The lowest BCUT2D eigenvalue weighted by atomic mass is 9.97. The molecular formula is C12H23N3O. The number of carbonyl (C=O) groups excluding carboxylic acids is 1. The smallest absolute Gasteiger partial charge is 0.242 e. The molecule has 2 aliphatic rings. The number of nitrogens with two attached hydrogens (primary N) is 1. The molecule has 1 aliphatic carbocycles. The van der Waals surface area contributed by atoms with Crippen molar-refractivity contribution >= 4 is 5.91 Å². The summed E-state index contributed by atoms with van der Waals surface area (Å²) in [7, 11) is 4.15. The van der Waals surface area contributed by atoms with Gasteiger partial charge in [-0.25, -0.2) is 0 Å². The SMILES string of the molecule is CN(C)C1CCN(C(=O)C2(N)CCCC2)C1. The van der Waals surface area contributed by atoms with Gasteiger partial charge in [-0.1, -0.05) is 12.8 Å². The van der Waals surface area contributed by atoms with E-state index >= 15 is 0 Å². The third-order valence-corrected chi connectivity index (χ3v) is 4.10. The average Bonchev–Trinajstić information content (AvgIpc) is 2.85. The highest BCUT2D eigenvalue weighted by atomic mass is 16.2. The van der Waals surface area contributed by atoms with Gasteiger partial charge in [-0.05, 0) is 33.4 Å². The molecule has 0 radical (unpaired) electrons. The van der Waals surface area contributed by atoms with Crippen LogP contribution in [0.4, 0.5) is 0 Å². The Labute approximate surface area is 97.8 Å². The Bertz CT molecular complexity index is 271. The van der Waals surface area contributed by atoms with E-state index in [9.17, 15) is 4.79 Å². The van der Waals surface area contributed by atoms with E-state index in [-0.39, 0.29) is 5.91 Å². The molecule has 1 amide bonds. The minimum Gasteiger partial charge on any atom is -0.339 e. The summed E-state index contributed by atoms with van der Waals surface area (Å²) in [5, 5.41) is 0. The zero-order valence-corrected chi connectivity index (χ0v) is 10.4. The number of hydrogen-bond acceptors (Lipinski definition) is 3. The molecule has 1 saturated heterocycles. The van der Waals surface area contributed by atoms with Crippen molar-refractivity contribution in [3.05, 3.63) is 0 Å². The molecule has 16 heavy (non-hydrogen) atoms. The van der Waals surface area contributed by atoms with Crippen LogP contribution < -0.4 is 5.73 Å². The summed E-state index contributed by atoms with van der Waals surface area (Å²) in [6.07, 6.45) is 5.03. The van der Waals surface area contributed by atoms with Gasteiger partial charge in [0.15, 0.2) is 0 Å². The first-order chi connectivity index (χ1) is 7.53. The molecule has 4 heteroatoms. The van der Waals surface area contributed by atoms with Gasteiger partial charge < -0.3 is 15.5 Å². The molecule has 92 valence electrons. The lowest BCUT2D eigenvalue weighted by Crippen LogP contribution is -2.53. The van der Waals surface area contributed by atoms with Gasteiger partial charge in [0.25, 0.3) is 0 Å². The Morgan fingerprint density at radius 3 is 2.50 bits per heavy atom. The normalized spacial score (nSPS) is 29.0. The van der Waals surface area contributed by atoms with Gasteiger partial charge in [-0.3, -0.25) is 4.79 Å². The summed E-state index contributed by atoms with van der Waals surface area (Å²) in [5.74, 6) is 0.189. The van der Waals surface area contributed by atoms with E-state index in [0.717, 1.165) is 45.2 Å². The van der Waals surface area contributed by atoms with Crippen LogP contribution in [0.2, 0.25) is 0 Å². The molecule has 4 nitrogen and oxygen atoms in total. The summed E-state index contributed by atoms with van der Waals surface area (Å²) in [6.45, 7) is 1.73. The predicted octanol–water partition coefficient (Wildman–Crippen LogP) is 0.420. The second-order valence-electron chi connectivity index (χ2n) is 5.52. The highest BCUT2D eigenvalue weighted by Crippen LogP contribution is 2.30. The van der Waals surface area contributed by atoms with Crippen LogP contribution in [0.1, 0.15) is 32.1 Å². The van der Waals surface area contributed by atoms with Gasteiger partial charge in [-0.15, -0.1) is 0 Å². The van der Waals surface area contributed by atoms with Crippen LogP contribution in [0.25, 0.3) is 0 Å². The highest BCUT2D eigenvalue weighted by molar-refractivity contribution is 5.86. The van der Waals surface area contributed by atoms with Crippen LogP contribution in [0.3, 0.4) is 0 Å². The van der Waals surface area contributed by atoms with Crippen molar-refractivity contribution in [2.24, 2.45) is 5.73 Å². The number of likely N-dealkylation sites (tertiary alicyclic amines) is 1. The molecule has 2 rings (SSSR count). The fraction of sp³-hybridized carbons (Fsp3) is 0.917. The van der Waals surface area contributed by atoms with Crippen LogP contribution in [0, 0.1) is 0 Å².